The van der Waals surface area contributed by atoms with E-state index in [0.717, 1.165) is 62.5 Å². The molecule has 2 aliphatic rings. The van der Waals surface area contributed by atoms with Gasteiger partial charge in [-0.2, -0.15) is 4.31 Å². The van der Waals surface area contributed by atoms with E-state index in [1.54, 1.807) is 22.5 Å². The van der Waals surface area contributed by atoms with Gasteiger partial charge in [0.25, 0.3) is 0 Å². The number of benzene rings is 2. The molecule has 0 spiro atoms. The number of fused-ring (bicyclic) bond motifs is 1. The summed E-state index contributed by atoms with van der Waals surface area (Å²) in [6.07, 6.45) is 5.23. The third kappa shape index (κ3) is 6.98. The van der Waals surface area contributed by atoms with Gasteiger partial charge in [0, 0.05) is 37.7 Å². The van der Waals surface area contributed by atoms with Crippen LogP contribution < -0.4 is 0 Å². The highest BCUT2D eigenvalue weighted by atomic mass is 35.5. The summed E-state index contributed by atoms with van der Waals surface area (Å²) in [5.74, 6) is 1.08. The molecule has 2 aromatic carbocycles. The molecule has 36 heavy (non-hydrogen) atoms. The van der Waals surface area contributed by atoms with E-state index in [1.807, 2.05) is 39.0 Å². The Bertz CT molecular complexity index is 1150. The molecule has 0 aromatic heterocycles. The SMILES string of the molecule is CC(C)(C)ON(C=O)CC1CCC(CN2CCN(S(=O)(=O)c3ccc4cc(Cl)ccc4c3)CC2)CC1. The van der Waals surface area contributed by atoms with Gasteiger partial charge in [0.2, 0.25) is 16.4 Å². The third-order valence-electron chi connectivity index (χ3n) is 7.17. The molecule has 0 unspecified atom stereocenters. The molecular weight excluding hydrogens is 498 g/mol. The highest BCUT2D eigenvalue weighted by molar-refractivity contribution is 7.89. The van der Waals surface area contributed by atoms with Gasteiger partial charge >= 0.3 is 0 Å². The summed E-state index contributed by atoms with van der Waals surface area (Å²) >= 11 is 6.06. The summed E-state index contributed by atoms with van der Waals surface area (Å²) in [5, 5.41) is 3.90. The molecule has 1 saturated heterocycles. The Morgan fingerprint density at radius 3 is 2.22 bits per heavy atom. The van der Waals surface area contributed by atoms with Crippen molar-refractivity contribution in [1.82, 2.24) is 14.3 Å². The normalized spacial score (nSPS) is 22.6. The van der Waals surface area contributed by atoms with Gasteiger partial charge in [0.05, 0.1) is 17.0 Å². The van der Waals surface area contributed by atoms with E-state index in [-0.39, 0.29) is 5.60 Å². The van der Waals surface area contributed by atoms with Gasteiger partial charge in [-0.05, 0) is 93.3 Å². The van der Waals surface area contributed by atoms with Crippen molar-refractivity contribution < 1.29 is 18.0 Å². The maximum atomic E-state index is 13.3. The maximum Gasteiger partial charge on any atom is 0.243 e. The molecule has 9 heteroatoms. The number of carbonyl (C=O) groups excluding carboxylic acids is 1. The lowest BCUT2D eigenvalue weighted by molar-refractivity contribution is -0.220. The molecule has 1 amide bonds. The zero-order valence-corrected chi connectivity index (χ0v) is 23.1. The largest absolute Gasteiger partial charge is 0.300 e. The first kappa shape index (κ1) is 27.3. The number of rotatable bonds is 8. The van der Waals surface area contributed by atoms with Crippen molar-refractivity contribution in [3.63, 3.8) is 0 Å². The van der Waals surface area contributed by atoms with Crippen molar-refractivity contribution in [2.75, 3.05) is 39.3 Å². The zero-order chi connectivity index (χ0) is 25.9. The second kappa shape index (κ2) is 11.4. The van der Waals surface area contributed by atoms with E-state index in [4.69, 9.17) is 16.4 Å². The summed E-state index contributed by atoms with van der Waals surface area (Å²) in [7, 11) is -3.53. The molecule has 0 radical (unpaired) electrons. The van der Waals surface area contributed by atoms with Gasteiger partial charge in [-0.25, -0.2) is 13.5 Å². The van der Waals surface area contributed by atoms with Crippen LogP contribution in [0.25, 0.3) is 10.8 Å². The number of hydroxylamine groups is 2. The van der Waals surface area contributed by atoms with E-state index in [0.29, 0.717) is 41.4 Å². The van der Waals surface area contributed by atoms with Gasteiger partial charge < -0.3 is 4.90 Å². The van der Waals surface area contributed by atoms with Crippen LogP contribution in [0.1, 0.15) is 46.5 Å². The van der Waals surface area contributed by atoms with Crippen LogP contribution in [-0.2, 0) is 19.7 Å². The van der Waals surface area contributed by atoms with Crippen LogP contribution in [0, 0.1) is 11.8 Å². The summed E-state index contributed by atoms with van der Waals surface area (Å²) in [5.41, 5.74) is -0.379. The van der Waals surface area contributed by atoms with E-state index >= 15 is 0 Å². The summed E-state index contributed by atoms with van der Waals surface area (Å²) in [4.78, 5) is 19.9. The quantitative estimate of drug-likeness (QED) is 0.359. The molecule has 1 heterocycles. The number of carbonyl (C=O) groups is 1. The zero-order valence-electron chi connectivity index (χ0n) is 21.5. The predicted molar refractivity (Wildman–Crippen MR) is 143 cm³/mol. The number of sulfonamides is 1. The number of piperazine rings is 1. The Balaban J connectivity index is 1.25. The molecule has 0 bridgehead atoms. The number of amides is 1. The van der Waals surface area contributed by atoms with E-state index in [9.17, 15) is 13.2 Å². The van der Waals surface area contributed by atoms with Crippen LogP contribution in [0.2, 0.25) is 5.02 Å². The molecule has 1 saturated carbocycles. The molecule has 7 nitrogen and oxygen atoms in total. The monoisotopic (exact) mass is 535 g/mol. The van der Waals surface area contributed by atoms with Crippen LogP contribution >= 0.6 is 11.6 Å². The fraction of sp³-hybridized carbons (Fsp3) is 0.593. The minimum Gasteiger partial charge on any atom is -0.300 e. The van der Waals surface area contributed by atoms with Crippen molar-refractivity contribution in [3.8, 4) is 0 Å². The first-order valence-electron chi connectivity index (χ1n) is 12.9. The van der Waals surface area contributed by atoms with Gasteiger partial charge in [0.15, 0.2) is 0 Å². The standard InChI is InChI=1S/C27H38ClN3O4S/c1-27(2,3)35-30(20-32)19-22-6-4-21(5-7-22)18-29-12-14-31(15-13-29)36(33,34)26-11-9-23-16-25(28)10-8-24(23)17-26/h8-11,16-17,20-22H,4-7,12-15,18-19H2,1-3H3. The Labute approximate surface area is 220 Å². The fourth-order valence-corrected chi connectivity index (χ4v) is 6.97. The first-order chi connectivity index (χ1) is 17.0. The smallest absolute Gasteiger partial charge is 0.243 e. The number of nitrogens with zero attached hydrogens (tertiary/aromatic N) is 3. The topological polar surface area (TPSA) is 70.2 Å². The fourth-order valence-electron chi connectivity index (χ4n) is 5.33. The molecule has 4 rings (SSSR count). The number of hydrogen-bond donors (Lipinski definition) is 0. The van der Waals surface area contributed by atoms with Crippen molar-refractivity contribution in [2.24, 2.45) is 11.8 Å². The summed E-state index contributed by atoms with van der Waals surface area (Å²) in [6, 6.07) is 10.7. The highest BCUT2D eigenvalue weighted by Crippen LogP contribution is 2.31. The maximum absolute atomic E-state index is 13.3. The van der Waals surface area contributed by atoms with Gasteiger partial charge in [-0.1, -0.05) is 23.7 Å². The van der Waals surface area contributed by atoms with Crippen molar-refractivity contribution in [3.05, 3.63) is 41.4 Å². The number of halogens is 1. The second-order valence-corrected chi connectivity index (χ2v) is 13.5. The van der Waals surface area contributed by atoms with Gasteiger partial charge in [-0.15, -0.1) is 0 Å². The van der Waals surface area contributed by atoms with Crippen molar-refractivity contribution >= 4 is 38.8 Å². The molecule has 0 N–H and O–H groups in total. The van der Waals surface area contributed by atoms with Gasteiger partial charge in [-0.3, -0.25) is 9.63 Å². The number of hydrogen-bond acceptors (Lipinski definition) is 5. The second-order valence-electron chi connectivity index (χ2n) is 11.2. The van der Waals surface area contributed by atoms with Crippen molar-refractivity contribution in [2.45, 2.75) is 57.0 Å². The van der Waals surface area contributed by atoms with Crippen LogP contribution in [-0.4, -0.2) is 74.0 Å². The van der Waals surface area contributed by atoms with Crippen molar-refractivity contribution in [1.29, 1.82) is 0 Å². The predicted octanol–water partition coefficient (Wildman–Crippen LogP) is 4.79. The average Bonchev–Trinajstić information content (AvgIpc) is 2.84. The minimum atomic E-state index is -3.53. The molecule has 0 atom stereocenters. The lowest BCUT2D eigenvalue weighted by Gasteiger charge is -2.38. The molecular formula is C27H38ClN3O4S. The third-order valence-corrected chi connectivity index (χ3v) is 9.30. The van der Waals surface area contributed by atoms with Crippen LogP contribution in [0.15, 0.2) is 41.3 Å². The van der Waals surface area contributed by atoms with E-state index < -0.39 is 10.0 Å². The Hall–Kier alpha value is -1.71. The van der Waals surface area contributed by atoms with E-state index in [1.165, 1.54) is 5.06 Å². The average molecular weight is 536 g/mol. The van der Waals surface area contributed by atoms with Gasteiger partial charge in [0.1, 0.15) is 0 Å². The van der Waals surface area contributed by atoms with Crippen LogP contribution in [0.3, 0.4) is 0 Å². The molecule has 2 fully saturated rings. The lowest BCUT2D eigenvalue weighted by atomic mass is 9.81. The lowest BCUT2D eigenvalue weighted by Crippen LogP contribution is -2.49. The molecule has 198 valence electrons. The Morgan fingerprint density at radius 1 is 0.972 bits per heavy atom. The highest BCUT2D eigenvalue weighted by Gasteiger charge is 2.31. The first-order valence-corrected chi connectivity index (χ1v) is 14.7. The minimum absolute atomic E-state index is 0.337. The molecule has 1 aliphatic carbocycles. The summed E-state index contributed by atoms with van der Waals surface area (Å²) in [6.45, 7) is 10.0. The van der Waals surface area contributed by atoms with Crippen LogP contribution in [0.4, 0.5) is 0 Å². The van der Waals surface area contributed by atoms with Crippen LogP contribution in [0.5, 0.6) is 0 Å². The Morgan fingerprint density at radius 2 is 1.58 bits per heavy atom. The Kier molecular flexibility index (Phi) is 8.62. The molecule has 2 aromatic rings. The molecule has 1 aliphatic heterocycles. The van der Waals surface area contributed by atoms with E-state index in [2.05, 4.69) is 4.90 Å². The summed E-state index contributed by atoms with van der Waals surface area (Å²) < 4.78 is 28.2.